The number of hydrogen-bond acceptors (Lipinski definition) is 15. The van der Waals surface area contributed by atoms with E-state index >= 15 is 0 Å². The van der Waals surface area contributed by atoms with Gasteiger partial charge in [-0.3, -0.25) is 57.5 Å². The number of aliphatic hydroxyl groups is 1. The van der Waals surface area contributed by atoms with Gasteiger partial charge >= 0.3 is 17.9 Å². The fraction of sp³-hybridized carbons (Fsp3) is 0.591. The molecule has 0 heterocycles. The number of phenols is 1. The van der Waals surface area contributed by atoms with Crippen LogP contribution < -0.4 is 54.0 Å². The third kappa shape index (κ3) is 22.7. The maximum absolute atomic E-state index is 13.9. The molecule has 0 aliphatic rings. The van der Waals surface area contributed by atoms with Crippen molar-refractivity contribution in [3.8, 4) is 5.75 Å². The molecule has 0 bridgehead atoms. The quantitative estimate of drug-likeness (QED) is 0.0337. The fourth-order valence-electron chi connectivity index (χ4n) is 6.47. The summed E-state index contributed by atoms with van der Waals surface area (Å²) in [5.41, 5.74) is 11.5. The van der Waals surface area contributed by atoms with Gasteiger partial charge in [0.2, 0.25) is 53.2 Å². The molecule has 396 valence electrons. The Morgan fingerprint density at radius 1 is 0.521 bits per heavy atom. The number of benzene rings is 1. The van der Waals surface area contributed by atoms with Gasteiger partial charge in [0.05, 0.1) is 18.6 Å². The van der Waals surface area contributed by atoms with Crippen LogP contribution in [0.3, 0.4) is 0 Å². The van der Waals surface area contributed by atoms with Crippen LogP contribution in [0.2, 0.25) is 0 Å². The normalized spacial score (nSPS) is 15.3. The van der Waals surface area contributed by atoms with Gasteiger partial charge in [0.25, 0.3) is 0 Å². The molecule has 1 aromatic rings. The molecule has 0 radical (unpaired) electrons. The summed E-state index contributed by atoms with van der Waals surface area (Å²) in [5, 5.41) is 66.9. The van der Waals surface area contributed by atoms with Gasteiger partial charge in [-0.1, -0.05) is 39.8 Å². The van der Waals surface area contributed by atoms with Crippen molar-refractivity contribution in [3.05, 3.63) is 29.8 Å². The Kier molecular flexibility index (Phi) is 25.7. The van der Waals surface area contributed by atoms with Crippen LogP contribution in [0.5, 0.6) is 5.75 Å². The number of aliphatic hydroxyl groups excluding tert-OH is 1. The first kappa shape index (κ1) is 61.6. The Hall–Kier alpha value is -7.42. The van der Waals surface area contributed by atoms with Crippen LogP contribution in [0.4, 0.5) is 0 Å². The van der Waals surface area contributed by atoms with Crippen molar-refractivity contribution in [1.82, 2.24) is 42.5 Å². The topological polar surface area (TPSA) is 454 Å². The Balaban J connectivity index is 3.41. The molecule has 0 aliphatic carbocycles. The Labute approximate surface area is 408 Å². The fourth-order valence-corrected chi connectivity index (χ4v) is 6.47. The molecule has 0 aromatic heterocycles. The first-order valence-electron chi connectivity index (χ1n) is 22.5. The monoisotopic (exact) mass is 1010 g/mol. The van der Waals surface area contributed by atoms with Crippen molar-refractivity contribution in [2.75, 3.05) is 0 Å². The molecule has 71 heavy (non-hydrogen) atoms. The smallest absolute Gasteiger partial charge is 0.325 e. The molecule has 1 rings (SSSR count). The van der Waals surface area contributed by atoms with E-state index in [0.717, 1.165) is 13.8 Å². The van der Waals surface area contributed by atoms with Gasteiger partial charge in [-0.15, -0.1) is 0 Å². The maximum Gasteiger partial charge on any atom is 0.325 e. The molecular weight excluding hydrogens is 941 g/mol. The molecule has 0 saturated heterocycles. The molecule has 27 nitrogen and oxygen atoms in total. The minimum atomic E-state index is -2.02. The van der Waals surface area contributed by atoms with Crippen LogP contribution in [-0.2, 0) is 64.0 Å². The van der Waals surface area contributed by atoms with E-state index in [1.54, 1.807) is 13.8 Å². The summed E-state index contributed by atoms with van der Waals surface area (Å²) in [5.74, 6) is -14.7. The minimum absolute atomic E-state index is 0.0163. The van der Waals surface area contributed by atoms with E-state index in [1.165, 1.54) is 45.0 Å². The predicted octanol–water partition coefficient (Wildman–Crippen LogP) is -4.05. The van der Waals surface area contributed by atoms with Gasteiger partial charge in [-0.2, -0.15) is 0 Å². The molecule has 0 unspecified atom stereocenters. The summed E-state index contributed by atoms with van der Waals surface area (Å²) in [7, 11) is 0. The van der Waals surface area contributed by atoms with Crippen molar-refractivity contribution < 1.29 is 83.1 Å². The molecule has 9 amide bonds. The van der Waals surface area contributed by atoms with Crippen molar-refractivity contribution in [2.24, 2.45) is 23.3 Å². The lowest BCUT2D eigenvalue weighted by Crippen LogP contribution is -2.61. The number of amides is 9. The minimum Gasteiger partial charge on any atom is -0.508 e. The number of rotatable bonds is 31. The van der Waals surface area contributed by atoms with Crippen LogP contribution >= 0.6 is 0 Å². The summed E-state index contributed by atoms with van der Waals surface area (Å²) >= 11 is 0. The van der Waals surface area contributed by atoms with Gasteiger partial charge in [0.1, 0.15) is 54.1 Å². The number of carboxylic acids is 3. The first-order chi connectivity index (χ1) is 32.9. The zero-order valence-corrected chi connectivity index (χ0v) is 40.5. The Morgan fingerprint density at radius 2 is 0.972 bits per heavy atom. The number of primary amides is 1. The van der Waals surface area contributed by atoms with E-state index in [1.807, 2.05) is 0 Å². The maximum atomic E-state index is 13.9. The second-order valence-corrected chi connectivity index (χ2v) is 17.6. The van der Waals surface area contributed by atoms with Crippen LogP contribution in [0.15, 0.2) is 24.3 Å². The summed E-state index contributed by atoms with van der Waals surface area (Å²) in [6.07, 6.45) is -4.97. The zero-order valence-electron chi connectivity index (χ0n) is 40.5. The molecule has 10 atom stereocenters. The van der Waals surface area contributed by atoms with Gasteiger partial charge < -0.3 is 79.5 Å². The van der Waals surface area contributed by atoms with Crippen molar-refractivity contribution in [3.63, 3.8) is 0 Å². The highest BCUT2D eigenvalue weighted by atomic mass is 16.4. The van der Waals surface area contributed by atoms with Crippen LogP contribution in [0, 0.1) is 11.8 Å². The lowest BCUT2D eigenvalue weighted by Gasteiger charge is -2.28. The lowest BCUT2D eigenvalue weighted by molar-refractivity contribution is -0.142. The van der Waals surface area contributed by atoms with E-state index in [2.05, 4.69) is 42.5 Å². The molecule has 27 heteroatoms. The molecule has 1 aromatic carbocycles. The number of nitrogens with one attached hydrogen (secondary N) is 8. The van der Waals surface area contributed by atoms with Crippen LogP contribution in [0.1, 0.15) is 92.6 Å². The largest absolute Gasteiger partial charge is 0.508 e. The van der Waals surface area contributed by atoms with Gasteiger partial charge in [0, 0.05) is 19.3 Å². The van der Waals surface area contributed by atoms with Crippen molar-refractivity contribution >= 4 is 71.1 Å². The molecule has 0 fully saturated rings. The van der Waals surface area contributed by atoms with Crippen LogP contribution in [-0.4, -0.2) is 157 Å². The number of phenolic OH excluding ortho intramolecular Hbond substituents is 1. The van der Waals surface area contributed by atoms with Gasteiger partial charge in [0.15, 0.2) is 0 Å². The second-order valence-electron chi connectivity index (χ2n) is 17.6. The molecule has 17 N–H and O–H groups in total. The molecular formula is C44H68N10O17. The summed E-state index contributed by atoms with van der Waals surface area (Å²) in [6.45, 7) is 10.1. The summed E-state index contributed by atoms with van der Waals surface area (Å²) in [6, 6.07) is -8.79. The number of hydrogen-bond donors (Lipinski definition) is 15. The summed E-state index contributed by atoms with van der Waals surface area (Å²) < 4.78 is 0. The predicted molar refractivity (Wildman–Crippen MR) is 248 cm³/mol. The highest BCUT2D eigenvalue weighted by molar-refractivity contribution is 5.99. The van der Waals surface area contributed by atoms with E-state index < -0.39 is 163 Å². The number of carbonyl (C=O) groups is 12. The van der Waals surface area contributed by atoms with Crippen LogP contribution in [0.25, 0.3) is 0 Å². The molecule has 0 saturated carbocycles. The number of carboxylic acid groups (broad SMARTS) is 3. The average Bonchev–Trinajstić information content (AvgIpc) is 3.26. The molecule has 0 aliphatic heterocycles. The SMILES string of the molecule is CC(C)C[C@H](N)C(=O)N[C@H](C(=O)N[C@@H](Cc1ccc(O)cc1)C(=O)N[C@@H](CC(=O)O)C(=O)N[C@@H](CCC(=O)O)C(=O)N[C@@H](C)C(=O)N[C@H](C(=O)N[C@@H](CCC(N)=O)C(=O)N[C@@H](C)C(=O)O)C(C)C)[C@@H](C)O. The molecule has 0 spiro atoms. The number of nitrogens with two attached hydrogens (primary N) is 2. The van der Waals surface area contributed by atoms with E-state index in [4.69, 9.17) is 11.5 Å². The number of carbonyl (C=O) groups excluding carboxylic acids is 9. The first-order valence-corrected chi connectivity index (χ1v) is 22.5. The van der Waals surface area contributed by atoms with Gasteiger partial charge in [-0.25, -0.2) is 0 Å². The Morgan fingerprint density at radius 3 is 1.45 bits per heavy atom. The van der Waals surface area contributed by atoms with E-state index in [-0.39, 0.29) is 30.9 Å². The summed E-state index contributed by atoms with van der Waals surface area (Å²) in [4.78, 5) is 154. The third-order valence-corrected chi connectivity index (χ3v) is 10.5. The second kappa shape index (κ2) is 29.6. The highest BCUT2D eigenvalue weighted by Crippen LogP contribution is 2.13. The number of aliphatic carboxylic acids is 3. The van der Waals surface area contributed by atoms with Crippen molar-refractivity contribution in [2.45, 2.75) is 154 Å². The number of aromatic hydroxyl groups is 1. The standard InChI is InChI=1S/C44H68N10O17/c1-19(2)16-26(45)37(63)54-35(23(7)55)43(69)52-29(17-24-8-10-25(56)11-9-24)40(66)51-30(18-33(60)61)41(67)49-28(13-15-32(58)59)38(64)47-21(5)36(62)53-34(20(3)4)42(68)50-27(12-14-31(46)57)39(65)48-22(6)44(70)71/h8-11,19-23,26-30,34-35,55-56H,12-18,45H2,1-7H3,(H2,46,57)(H,47,64)(H,48,65)(H,49,67)(H,50,68)(H,51,66)(H,52,69)(H,53,62)(H,54,63)(H,58,59)(H,60,61)(H,70,71)/t21-,22-,23+,26-,27-,28-,29-,30-,34-,35-/m0/s1. The Bertz CT molecular complexity index is 2080. The highest BCUT2D eigenvalue weighted by Gasteiger charge is 2.36. The third-order valence-electron chi connectivity index (χ3n) is 10.5. The average molecular weight is 1010 g/mol. The van der Waals surface area contributed by atoms with E-state index in [9.17, 15) is 83.1 Å². The van der Waals surface area contributed by atoms with Gasteiger partial charge in [-0.05, 0) is 69.6 Å². The van der Waals surface area contributed by atoms with Crippen molar-refractivity contribution in [1.29, 1.82) is 0 Å². The zero-order chi connectivity index (χ0) is 54.4. The van der Waals surface area contributed by atoms with E-state index in [0.29, 0.717) is 5.56 Å². The lowest BCUT2D eigenvalue weighted by atomic mass is 10.0.